The van der Waals surface area contributed by atoms with Crippen molar-refractivity contribution in [1.29, 1.82) is 0 Å². The van der Waals surface area contributed by atoms with Gasteiger partial charge in [-0.2, -0.15) is 0 Å². The van der Waals surface area contributed by atoms with E-state index in [-0.39, 0.29) is 41.1 Å². The topological polar surface area (TPSA) is 61.4 Å². The Labute approximate surface area is 164 Å². The summed E-state index contributed by atoms with van der Waals surface area (Å²) in [4.78, 5) is 10.9. The van der Waals surface area contributed by atoms with Crippen LogP contribution < -0.4 is 40.0 Å². The van der Waals surface area contributed by atoms with Crippen molar-refractivity contribution in [3.8, 4) is 0 Å². The minimum absolute atomic E-state index is 0. The average Bonchev–Trinajstić information content (AvgIpc) is 2.44. The second-order valence-electron chi connectivity index (χ2n) is 6.60. The van der Waals surface area contributed by atoms with Gasteiger partial charge in [-0.1, -0.05) is 17.7 Å². The van der Waals surface area contributed by atoms with E-state index in [0.29, 0.717) is 25.5 Å². The van der Waals surface area contributed by atoms with Gasteiger partial charge in [-0.15, -0.1) is 0 Å². The third kappa shape index (κ3) is 4.50. The fraction of sp³-hybridized carbons (Fsp3) is 0.588. The zero-order valence-corrected chi connectivity index (χ0v) is 16.5. The normalized spacial score (nSPS) is 29.7. The van der Waals surface area contributed by atoms with Crippen molar-refractivity contribution in [1.82, 2.24) is 5.32 Å². The Bertz CT molecular complexity index is 575. The molecule has 6 heteroatoms. The number of nitrogens with one attached hydrogen (secondary N) is 1. The van der Waals surface area contributed by atoms with Gasteiger partial charge in [0.05, 0.1) is 5.60 Å². The van der Waals surface area contributed by atoms with E-state index in [1.807, 2.05) is 12.1 Å². The van der Waals surface area contributed by atoms with E-state index in [9.17, 15) is 9.90 Å². The molecule has 3 rings (SSSR count). The van der Waals surface area contributed by atoms with Gasteiger partial charge in [-0.25, -0.2) is 0 Å². The minimum atomic E-state index is -0.943. The molecule has 1 heterocycles. The van der Waals surface area contributed by atoms with Crippen molar-refractivity contribution in [3.05, 3.63) is 34.3 Å². The standard InChI is InChI=1S/C17H22ClNO3.Na/c1-11-6-14(18)3-2-12(11)10-19-15-4-5-22-17(9-15)7-13(8-17)16(20)21;/h2-3,6,13,15,19H,4-5,7-10H2,1H3,(H,20,21);/q;+1/p-1. The third-order valence-corrected chi connectivity index (χ3v) is 5.18. The number of carboxylic acid groups (broad SMARTS) is 1. The van der Waals surface area contributed by atoms with Gasteiger partial charge in [0.25, 0.3) is 0 Å². The van der Waals surface area contributed by atoms with Gasteiger partial charge in [-0.05, 0) is 55.9 Å². The van der Waals surface area contributed by atoms with Crippen molar-refractivity contribution in [2.45, 2.75) is 50.8 Å². The molecule has 0 radical (unpaired) electrons. The van der Waals surface area contributed by atoms with Gasteiger partial charge in [0.1, 0.15) is 0 Å². The van der Waals surface area contributed by atoms with Crippen LogP contribution in [0.2, 0.25) is 5.02 Å². The van der Waals surface area contributed by atoms with Crippen LogP contribution in [0.3, 0.4) is 0 Å². The molecule has 1 spiro atoms. The average molecular weight is 346 g/mol. The molecule has 2 aliphatic rings. The SMILES string of the molecule is Cc1cc(Cl)ccc1CNC1CCOC2(C1)CC(C(=O)[O-])C2.[Na+]. The summed E-state index contributed by atoms with van der Waals surface area (Å²) in [5.74, 6) is -1.28. The van der Waals surface area contributed by atoms with Crippen molar-refractivity contribution in [3.63, 3.8) is 0 Å². The van der Waals surface area contributed by atoms with Crippen LogP contribution in [0.25, 0.3) is 0 Å². The summed E-state index contributed by atoms with van der Waals surface area (Å²) in [5.41, 5.74) is 2.18. The molecule has 120 valence electrons. The van der Waals surface area contributed by atoms with Gasteiger partial charge >= 0.3 is 29.6 Å². The molecule has 23 heavy (non-hydrogen) atoms. The van der Waals surface area contributed by atoms with Crippen molar-refractivity contribution < 1.29 is 44.2 Å². The first-order chi connectivity index (χ1) is 10.5. The minimum Gasteiger partial charge on any atom is -0.550 e. The summed E-state index contributed by atoms with van der Waals surface area (Å²) in [6.07, 6.45) is 3.02. The number of halogens is 1. The predicted octanol–water partition coefficient (Wildman–Crippen LogP) is -1.18. The molecule has 1 aliphatic heterocycles. The Kier molecular flexibility index (Phi) is 6.57. The molecule has 2 fully saturated rings. The van der Waals surface area contributed by atoms with Crippen LogP contribution in [0.15, 0.2) is 18.2 Å². The fourth-order valence-electron chi connectivity index (χ4n) is 3.60. The summed E-state index contributed by atoms with van der Waals surface area (Å²) in [5, 5.41) is 15.2. The Morgan fingerprint density at radius 1 is 1.43 bits per heavy atom. The van der Waals surface area contributed by atoms with Gasteiger partial charge in [0, 0.05) is 36.1 Å². The quantitative estimate of drug-likeness (QED) is 0.698. The number of benzene rings is 1. The molecular weight excluding hydrogens is 325 g/mol. The first-order valence-electron chi connectivity index (χ1n) is 7.81. The van der Waals surface area contributed by atoms with Crippen LogP contribution in [-0.2, 0) is 16.1 Å². The second kappa shape index (κ2) is 7.85. The number of aliphatic carboxylic acids is 1. The van der Waals surface area contributed by atoms with Gasteiger partial charge in [0.2, 0.25) is 0 Å². The number of carbonyl (C=O) groups is 1. The maximum absolute atomic E-state index is 10.9. The maximum atomic E-state index is 10.9. The molecular formula is C17H21ClNNaO3. The number of hydrogen-bond acceptors (Lipinski definition) is 4. The monoisotopic (exact) mass is 345 g/mol. The molecule has 0 aromatic heterocycles. The Morgan fingerprint density at radius 2 is 2.17 bits per heavy atom. The first-order valence-corrected chi connectivity index (χ1v) is 8.18. The molecule has 1 unspecified atom stereocenters. The molecule has 4 nitrogen and oxygen atoms in total. The number of aryl methyl sites for hydroxylation is 1. The van der Waals surface area contributed by atoms with Gasteiger partial charge in [0.15, 0.2) is 0 Å². The van der Waals surface area contributed by atoms with E-state index in [0.717, 1.165) is 24.4 Å². The second-order valence-corrected chi connectivity index (χ2v) is 7.03. The van der Waals surface area contributed by atoms with Crippen molar-refractivity contribution >= 4 is 17.6 Å². The predicted molar refractivity (Wildman–Crippen MR) is 82.5 cm³/mol. The summed E-state index contributed by atoms with van der Waals surface area (Å²) < 4.78 is 5.86. The number of rotatable bonds is 4. The number of ether oxygens (including phenoxy) is 1. The first kappa shape index (κ1) is 19.2. The molecule has 1 N–H and O–H groups in total. The maximum Gasteiger partial charge on any atom is 1.00 e. The molecule has 1 saturated heterocycles. The van der Waals surface area contributed by atoms with Crippen molar-refractivity contribution in [2.24, 2.45) is 5.92 Å². The summed E-state index contributed by atoms with van der Waals surface area (Å²) >= 11 is 5.98. The molecule has 1 saturated carbocycles. The Balaban J connectivity index is 0.00000192. The molecule has 1 aromatic carbocycles. The zero-order chi connectivity index (χ0) is 15.7. The number of hydrogen-bond donors (Lipinski definition) is 1. The molecule has 1 atom stereocenters. The molecule has 0 bridgehead atoms. The fourth-order valence-corrected chi connectivity index (χ4v) is 3.83. The largest absolute Gasteiger partial charge is 1.00 e. The van der Waals surface area contributed by atoms with E-state index in [2.05, 4.69) is 18.3 Å². The van der Waals surface area contributed by atoms with Crippen LogP contribution in [0, 0.1) is 12.8 Å². The molecule has 1 aromatic rings. The van der Waals surface area contributed by atoms with Crippen LogP contribution >= 0.6 is 11.6 Å². The van der Waals surface area contributed by atoms with Crippen LogP contribution in [0.5, 0.6) is 0 Å². The third-order valence-electron chi connectivity index (χ3n) is 4.95. The molecule has 0 amide bonds. The number of carbonyl (C=O) groups excluding carboxylic acids is 1. The van der Waals surface area contributed by atoms with Gasteiger partial charge in [-0.3, -0.25) is 0 Å². The smallest absolute Gasteiger partial charge is 0.550 e. The summed E-state index contributed by atoms with van der Waals surface area (Å²) in [6, 6.07) is 6.30. The van der Waals surface area contributed by atoms with E-state index < -0.39 is 5.97 Å². The van der Waals surface area contributed by atoms with Crippen molar-refractivity contribution in [2.75, 3.05) is 6.61 Å². The summed E-state index contributed by atoms with van der Waals surface area (Å²) in [7, 11) is 0. The summed E-state index contributed by atoms with van der Waals surface area (Å²) in [6.45, 7) is 3.55. The van der Waals surface area contributed by atoms with E-state index in [4.69, 9.17) is 16.3 Å². The van der Waals surface area contributed by atoms with E-state index in [1.54, 1.807) is 0 Å². The van der Waals surface area contributed by atoms with Crippen LogP contribution in [0.4, 0.5) is 0 Å². The zero-order valence-electron chi connectivity index (χ0n) is 13.7. The Hall–Kier alpha value is -0.100. The Morgan fingerprint density at radius 3 is 2.83 bits per heavy atom. The van der Waals surface area contributed by atoms with E-state index >= 15 is 0 Å². The van der Waals surface area contributed by atoms with Crippen LogP contribution in [0.1, 0.15) is 36.8 Å². The molecule has 1 aliphatic carbocycles. The van der Waals surface area contributed by atoms with Crippen LogP contribution in [-0.4, -0.2) is 24.2 Å². The van der Waals surface area contributed by atoms with Gasteiger partial charge < -0.3 is 20.0 Å². The van der Waals surface area contributed by atoms with E-state index in [1.165, 1.54) is 11.1 Å². The number of carboxylic acids is 1.